The Morgan fingerprint density at radius 2 is 2.00 bits per heavy atom. The summed E-state index contributed by atoms with van der Waals surface area (Å²) in [5, 5.41) is 10.6. The average Bonchev–Trinajstić information content (AvgIpc) is 3.24. The predicted octanol–water partition coefficient (Wildman–Crippen LogP) is 3.33. The zero-order valence-electron chi connectivity index (χ0n) is 14.0. The Morgan fingerprint density at radius 1 is 1.15 bits per heavy atom. The molecular weight excluding hydrogens is 352 g/mol. The number of fused-ring (bicyclic) bond motifs is 2. The van der Waals surface area contributed by atoms with E-state index in [0.717, 1.165) is 48.2 Å². The Morgan fingerprint density at radius 3 is 2.85 bits per heavy atom. The van der Waals surface area contributed by atoms with Gasteiger partial charge in [-0.1, -0.05) is 23.7 Å². The molecule has 3 aromatic heterocycles. The van der Waals surface area contributed by atoms with Crippen LogP contribution in [0, 0.1) is 0 Å². The minimum Gasteiger partial charge on any atom is -0.382 e. The number of aromatic nitrogens is 5. The maximum Gasteiger partial charge on any atom is 0.152 e. The molecule has 4 heterocycles. The third-order valence-electron chi connectivity index (χ3n) is 4.97. The summed E-state index contributed by atoms with van der Waals surface area (Å²) in [6.45, 7) is 1.56. The molecule has 0 spiro atoms. The van der Waals surface area contributed by atoms with E-state index < -0.39 is 0 Å². The summed E-state index contributed by atoms with van der Waals surface area (Å²) < 4.78 is 9.33. The topological polar surface area (TPSA) is 83.3 Å². The van der Waals surface area contributed by atoms with Gasteiger partial charge in [0.05, 0.1) is 28.5 Å². The second kappa shape index (κ2) is 5.96. The summed E-state index contributed by atoms with van der Waals surface area (Å²) in [7, 11) is 0. The molecule has 1 saturated heterocycles. The normalized spacial score (nSPS) is 15.9. The van der Waals surface area contributed by atoms with E-state index in [0.29, 0.717) is 22.4 Å². The van der Waals surface area contributed by atoms with Gasteiger partial charge in [0.25, 0.3) is 0 Å². The van der Waals surface area contributed by atoms with E-state index in [2.05, 4.69) is 38.1 Å². The highest BCUT2D eigenvalue weighted by Gasteiger charge is 2.19. The second-order valence-electron chi connectivity index (χ2n) is 6.49. The number of nitrogens with zero attached hydrogens (tertiary/aromatic N) is 5. The van der Waals surface area contributed by atoms with Crippen LogP contribution in [0.15, 0.2) is 36.8 Å². The van der Waals surface area contributed by atoms with Crippen LogP contribution in [0.2, 0.25) is 5.02 Å². The van der Waals surface area contributed by atoms with Gasteiger partial charge in [0.1, 0.15) is 11.8 Å². The molecule has 0 atom stereocenters. The van der Waals surface area contributed by atoms with E-state index in [1.54, 1.807) is 4.52 Å². The van der Waals surface area contributed by atoms with Gasteiger partial charge in [-0.05, 0) is 25.0 Å². The molecule has 0 unspecified atom stereocenters. The van der Waals surface area contributed by atoms with E-state index in [9.17, 15) is 0 Å². The Balaban J connectivity index is 1.67. The molecular formula is C18H17ClN6O. The van der Waals surface area contributed by atoms with Crippen molar-refractivity contribution in [3.8, 4) is 11.3 Å². The van der Waals surface area contributed by atoms with Gasteiger partial charge in [-0.15, -0.1) is 0 Å². The Labute approximate surface area is 154 Å². The van der Waals surface area contributed by atoms with Crippen LogP contribution in [0.3, 0.4) is 0 Å². The summed E-state index contributed by atoms with van der Waals surface area (Å²) >= 11 is 6.37. The summed E-state index contributed by atoms with van der Waals surface area (Å²) in [6.07, 6.45) is 5.31. The molecule has 0 radical (unpaired) electrons. The molecule has 132 valence electrons. The number of halogens is 1. The van der Waals surface area contributed by atoms with Crippen molar-refractivity contribution in [1.29, 1.82) is 0 Å². The van der Waals surface area contributed by atoms with Crippen LogP contribution in [-0.4, -0.2) is 37.6 Å². The zero-order chi connectivity index (χ0) is 17.7. The molecule has 0 amide bonds. The summed E-state index contributed by atoms with van der Waals surface area (Å²) in [5.41, 5.74) is 9.57. The van der Waals surface area contributed by atoms with Crippen LogP contribution < -0.4 is 5.73 Å². The maximum atomic E-state index is 6.37. The smallest absolute Gasteiger partial charge is 0.152 e. The lowest BCUT2D eigenvalue weighted by molar-refractivity contribution is 0.0675. The van der Waals surface area contributed by atoms with Crippen molar-refractivity contribution in [3.63, 3.8) is 0 Å². The molecule has 1 aliphatic rings. The third-order valence-corrected chi connectivity index (χ3v) is 5.26. The first-order valence-corrected chi connectivity index (χ1v) is 8.93. The predicted molar refractivity (Wildman–Crippen MR) is 100 cm³/mol. The zero-order valence-corrected chi connectivity index (χ0v) is 14.7. The number of nitrogen functional groups attached to an aromatic ring is 1. The quantitative estimate of drug-likeness (QED) is 0.586. The van der Waals surface area contributed by atoms with Gasteiger partial charge >= 0.3 is 0 Å². The number of nitrogens with two attached hydrogens (primary N) is 1. The van der Waals surface area contributed by atoms with Crippen LogP contribution in [0.25, 0.3) is 27.7 Å². The number of benzene rings is 1. The molecule has 2 N–H and O–H groups in total. The first kappa shape index (κ1) is 15.6. The first-order valence-electron chi connectivity index (χ1n) is 8.55. The van der Waals surface area contributed by atoms with Crippen molar-refractivity contribution in [2.24, 2.45) is 0 Å². The van der Waals surface area contributed by atoms with E-state index in [-0.39, 0.29) is 0 Å². The molecule has 1 aromatic carbocycles. The lowest BCUT2D eigenvalue weighted by Gasteiger charge is -2.23. The van der Waals surface area contributed by atoms with Crippen LogP contribution in [0.5, 0.6) is 0 Å². The fourth-order valence-electron chi connectivity index (χ4n) is 3.65. The van der Waals surface area contributed by atoms with Crippen LogP contribution in [-0.2, 0) is 4.74 Å². The van der Waals surface area contributed by atoms with Crippen LogP contribution >= 0.6 is 11.6 Å². The lowest BCUT2D eigenvalue weighted by Crippen LogP contribution is -2.20. The van der Waals surface area contributed by atoms with Crippen molar-refractivity contribution in [3.05, 3.63) is 41.8 Å². The first-order chi connectivity index (χ1) is 12.7. The molecule has 1 aliphatic heterocycles. The number of rotatable bonds is 2. The average molecular weight is 369 g/mol. The number of ether oxygens (including phenoxy) is 1. The standard InChI is InChI=1S/C18H17ClN6O/c19-14-8-16(25-17(14)18(20)21-10-23-25)11-1-2-12-9-22-24(15(12)7-11)13-3-5-26-6-4-13/h1-2,7-10,13H,3-6H2,(H2,20,21,23). The molecule has 5 rings (SSSR count). The van der Waals surface area contributed by atoms with E-state index in [4.69, 9.17) is 22.1 Å². The monoisotopic (exact) mass is 368 g/mol. The molecule has 8 heteroatoms. The fraction of sp³-hybridized carbons (Fsp3) is 0.278. The fourth-order valence-corrected chi connectivity index (χ4v) is 3.93. The summed E-state index contributed by atoms with van der Waals surface area (Å²) in [4.78, 5) is 4.03. The molecule has 26 heavy (non-hydrogen) atoms. The van der Waals surface area contributed by atoms with E-state index in [1.807, 2.05) is 12.3 Å². The van der Waals surface area contributed by atoms with E-state index >= 15 is 0 Å². The maximum absolute atomic E-state index is 6.37. The molecule has 0 bridgehead atoms. The van der Waals surface area contributed by atoms with E-state index in [1.165, 1.54) is 6.33 Å². The van der Waals surface area contributed by atoms with Crippen molar-refractivity contribution >= 4 is 33.8 Å². The second-order valence-corrected chi connectivity index (χ2v) is 6.90. The van der Waals surface area contributed by atoms with Gasteiger partial charge in [0.15, 0.2) is 5.82 Å². The highest BCUT2D eigenvalue weighted by molar-refractivity contribution is 6.35. The van der Waals surface area contributed by atoms with Crippen molar-refractivity contribution in [2.45, 2.75) is 18.9 Å². The Hall–Kier alpha value is -2.64. The van der Waals surface area contributed by atoms with Crippen molar-refractivity contribution in [1.82, 2.24) is 24.4 Å². The lowest BCUT2D eigenvalue weighted by atomic mass is 10.1. The summed E-state index contributed by atoms with van der Waals surface area (Å²) in [6, 6.07) is 8.49. The minimum atomic E-state index is 0.363. The van der Waals surface area contributed by atoms with Crippen LogP contribution in [0.1, 0.15) is 18.9 Å². The number of anilines is 1. The van der Waals surface area contributed by atoms with Crippen molar-refractivity contribution in [2.75, 3.05) is 18.9 Å². The summed E-state index contributed by atoms with van der Waals surface area (Å²) in [5.74, 6) is 0.365. The van der Waals surface area contributed by atoms with Gasteiger partial charge in [-0.25, -0.2) is 9.50 Å². The SMILES string of the molecule is Nc1ncnn2c(-c3ccc4cnn(C5CCOCC5)c4c3)cc(Cl)c12. The van der Waals surface area contributed by atoms with Gasteiger partial charge in [0, 0.05) is 24.2 Å². The van der Waals surface area contributed by atoms with Gasteiger partial charge in [-0.3, -0.25) is 4.68 Å². The molecule has 1 fully saturated rings. The number of hydrogen-bond acceptors (Lipinski definition) is 5. The molecule has 4 aromatic rings. The van der Waals surface area contributed by atoms with Crippen LogP contribution in [0.4, 0.5) is 5.82 Å². The highest BCUT2D eigenvalue weighted by atomic mass is 35.5. The molecule has 7 nitrogen and oxygen atoms in total. The Kier molecular flexibility index (Phi) is 3.58. The molecule has 0 aliphatic carbocycles. The molecule has 0 saturated carbocycles. The van der Waals surface area contributed by atoms with Gasteiger partial charge in [-0.2, -0.15) is 10.2 Å². The Bertz CT molecular complexity index is 1110. The van der Waals surface area contributed by atoms with Gasteiger partial charge in [0.2, 0.25) is 0 Å². The third kappa shape index (κ3) is 2.35. The highest BCUT2D eigenvalue weighted by Crippen LogP contribution is 2.33. The van der Waals surface area contributed by atoms with Gasteiger partial charge < -0.3 is 10.5 Å². The van der Waals surface area contributed by atoms with Crippen molar-refractivity contribution < 1.29 is 4.74 Å². The number of hydrogen-bond donors (Lipinski definition) is 1. The largest absolute Gasteiger partial charge is 0.382 e. The minimum absolute atomic E-state index is 0.363.